The molecule has 0 atom stereocenters. The van der Waals surface area contributed by atoms with Gasteiger partial charge in [0, 0.05) is 42.9 Å². The summed E-state index contributed by atoms with van der Waals surface area (Å²) >= 11 is 0. The van der Waals surface area contributed by atoms with Crippen molar-refractivity contribution in [2.24, 2.45) is 0 Å². The van der Waals surface area contributed by atoms with E-state index >= 15 is 0 Å². The largest absolute Gasteiger partial charge is 0.416 e. The number of hydrogen-bond acceptors (Lipinski definition) is 8. The Morgan fingerprint density at radius 2 is 1.79 bits per heavy atom. The molecule has 5 heterocycles. The van der Waals surface area contributed by atoms with Crippen molar-refractivity contribution in [3.63, 3.8) is 0 Å². The van der Waals surface area contributed by atoms with E-state index in [2.05, 4.69) is 25.6 Å². The number of aromatic amines is 1. The molecule has 0 spiro atoms. The third-order valence-electron chi connectivity index (χ3n) is 8.58. The van der Waals surface area contributed by atoms with Crippen LogP contribution in [-0.2, 0) is 22.3 Å². The van der Waals surface area contributed by atoms with Crippen LogP contribution < -0.4 is 15.8 Å². The van der Waals surface area contributed by atoms with Gasteiger partial charge < -0.3 is 24.4 Å². The van der Waals surface area contributed by atoms with E-state index < -0.39 is 23.2 Å². The number of ether oxygens (including phenoxy) is 1. The lowest BCUT2D eigenvalue weighted by molar-refractivity contribution is -0.137. The maximum Gasteiger partial charge on any atom is 0.416 e. The minimum atomic E-state index is -4.51. The first kappa shape index (κ1) is 31.1. The summed E-state index contributed by atoms with van der Waals surface area (Å²) in [7, 11) is 0. The Morgan fingerprint density at radius 1 is 1.04 bits per heavy atom. The van der Waals surface area contributed by atoms with Crippen LogP contribution in [0, 0.1) is 6.92 Å². The van der Waals surface area contributed by atoms with E-state index in [1.54, 1.807) is 16.4 Å². The average Bonchev–Trinajstić information content (AvgIpc) is 3.73. The van der Waals surface area contributed by atoms with E-state index in [-0.39, 0.29) is 23.9 Å². The van der Waals surface area contributed by atoms with E-state index in [1.165, 1.54) is 16.6 Å². The van der Waals surface area contributed by atoms with Gasteiger partial charge in [-0.1, -0.05) is 24.3 Å². The van der Waals surface area contributed by atoms with Gasteiger partial charge in [0.1, 0.15) is 12.2 Å². The smallest absolute Gasteiger partial charge is 0.377 e. The molecular formula is C32H30F3N9O4. The summed E-state index contributed by atoms with van der Waals surface area (Å²) in [6.45, 7) is 3.57. The van der Waals surface area contributed by atoms with E-state index in [1.807, 2.05) is 35.2 Å². The van der Waals surface area contributed by atoms with Crippen molar-refractivity contribution in [3.8, 4) is 0 Å². The predicted molar refractivity (Wildman–Crippen MR) is 170 cm³/mol. The summed E-state index contributed by atoms with van der Waals surface area (Å²) < 4.78 is 47.3. The van der Waals surface area contributed by atoms with E-state index in [9.17, 15) is 27.6 Å². The Hall–Kier alpha value is -5.51. The summed E-state index contributed by atoms with van der Waals surface area (Å²) in [5.74, 6) is -0.274. The van der Waals surface area contributed by atoms with Gasteiger partial charge in [-0.2, -0.15) is 27.8 Å². The first-order valence-electron chi connectivity index (χ1n) is 15.3. The minimum absolute atomic E-state index is 0.144. The molecule has 2 aliphatic heterocycles. The lowest BCUT2D eigenvalue weighted by atomic mass is 10.1. The molecule has 0 aliphatic carbocycles. The zero-order valence-electron chi connectivity index (χ0n) is 25.8. The summed E-state index contributed by atoms with van der Waals surface area (Å²) in [5, 5.41) is 15.0. The molecule has 248 valence electrons. The zero-order chi connectivity index (χ0) is 33.6. The van der Waals surface area contributed by atoms with Gasteiger partial charge in [0.05, 0.1) is 24.3 Å². The van der Waals surface area contributed by atoms with Crippen molar-refractivity contribution < 1.29 is 27.5 Å². The van der Waals surface area contributed by atoms with Gasteiger partial charge in [-0.15, -0.1) is 5.10 Å². The van der Waals surface area contributed by atoms with Crippen LogP contribution in [0.4, 0.5) is 24.5 Å². The number of nitrogens with zero attached hydrogens (tertiary/aromatic N) is 7. The molecule has 2 aliphatic rings. The number of para-hydroxylation sites is 1. The molecule has 2 amide bonds. The molecule has 7 rings (SSSR count). The number of fused-ring (bicyclic) bond motifs is 2. The fourth-order valence-electron chi connectivity index (χ4n) is 6.06. The third-order valence-corrected chi connectivity index (χ3v) is 8.58. The van der Waals surface area contributed by atoms with E-state index in [0.29, 0.717) is 68.7 Å². The van der Waals surface area contributed by atoms with Crippen LogP contribution in [0.3, 0.4) is 0 Å². The van der Waals surface area contributed by atoms with Crippen molar-refractivity contribution >= 4 is 45.4 Å². The maximum absolute atomic E-state index is 14.0. The number of rotatable bonds is 6. The Balaban J connectivity index is 1.18. The molecule has 2 N–H and O–H groups in total. The number of carbonyl (C=O) groups excluding carboxylic acids is 2. The second-order valence-electron chi connectivity index (χ2n) is 11.5. The van der Waals surface area contributed by atoms with Crippen LogP contribution in [0.25, 0.3) is 22.3 Å². The van der Waals surface area contributed by atoms with Crippen LogP contribution in [-0.4, -0.2) is 85.5 Å². The van der Waals surface area contributed by atoms with Crippen LogP contribution in [0.1, 0.15) is 34.0 Å². The monoisotopic (exact) mass is 661 g/mol. The zero-order valence-corrected chi connectivity index (χ0v) is 25.8. The third kappa shape index (κ3) is 5.78. The maximum atomic E-state index is 14.0. The van der Waals surface area contributed by atoms with Crippen LogP contribution >= 0.6 is 0 Å². The van der Waals surface area contributed by atoms with Crippen molar-refractivity contribution in [3.05, 3.63) is 87.7 Å². The van der Waals surface area contributed by atoms with Crippen molar-refractivity contribution in [1.82, 2.24) is 34.3 Å². The summed E-state index contributed by atoms with van der Waals surface area (Å²) in [4.78, 5) is 48.9. The number of H-pyrrole nitrogens is 1. The summed E-state index contributed by atoms with van der Waals surface area (Å²) in [6.07, 6.45) is -2.11. The number of aromatic nitrogens is 6. The van der Waals surface area contributed by atoms with Crippen molar-refractivity contribution in [2.45, 2.75) is 26.1 Å². The topological polar surface area (TPSA) is 143 Å². The molecule has 16 heteroatoms. The van der Waals surface area contributed by atoms with E-state index in [4.69, 9.17) is 4.74 Å². The molecule has 2 aromatic carbocycles. The Labute approximate surface area is 270 Å². The van der Waals surface area contributed by atoms with Gasteiger partial charge in [-0.05, 0) is 49.2 Å². The SMILES string of the molecule is Cc1c(N2CCN(C(=O)c3n[nH]c4ccccc34)CC2)c(=O)n2nc(C3=CCOCC3)nc2n1CC(=O)Nc1ccc(C(F)(F)F)cc1. The molecule has 13 nitrogen and oxygen atoms in total. The number of alkyl halides is 3. The number of hydrogen-bond donors (Lipinski definition) is 2. The Kier molecular flexibility index (Phi) is 7.94. The van der Waals surface area contributed by atoms with Crippen molar-refractivity contribution in [1.29, 1.82) is 0 Å². The number of carbonyl (C=O) groups is 2. The number of anilines is 2. The van der Waals surface area contributed by atoms with Crippen LogP contribution in [0.5, 0.6) is 0 Å². The average molecular weight is 662 g/mol. The second-order valence-corrected chi connectivity index (χ2v) is 11.5. The molecule has 1 saturated heterocycles. The molecule has 48 heavy (non-hydrogen) atoms. The number of benzene rings is 2. The lowest BCUT2D eigenvalue weighted by Gasteiger charge is -2.36. The highest BCUT2D eigenvalue weighted by Gasteiger charge is 2.31. The number of piperazine rings is 1. The highest BCUT2D eigenvalue weighted by molar-refractivity contribution is 6.04. The normalized spacial score (nSPS) is 15.6. The highest BCUT2D eigenvalue weighted by Crippen LogP contribution is 2.30. The van der Waals surface area contributed by atoms with Gasteiger partial charge in [0.25, 0.3) is 11.5 Å². The molecule has 3 aromatic heterocycles. The fourth-order valence-corrected chi connectivity index (χ4v) is 6.06. The van der Waals surface area contributed by atoms with Gasteiger partial charge in [0.15, 0.2) is 11.5 Å². The van der Waals surface area contributed by atoms with Crippen LogP contribution in [0.2, 0.25) is 0 Å². The summed E-state index contributed by atoms with van der Waals surface area (Å²) in [6, 6.07) is 11.5. The predicted octanol–water partition coefficient (Wildman–Crippen LogP) is 3.50. The first-order valence-corrected chi connectivity index (χ1v) is 15.3. The van der Waals surface area contributed by atoms with Gasteiger partial charge in [-0.3, -0.25) is 19.5 Å². The summed E-state index contributed by atoms with van der Waals surface area (Å²) in [5.41, 5.74) is 1.58. The second kappa shape index (κ2) is 12.3. The van der Waals surface area contributed by atoms with Gasteiger partial charge in [-0.25, -0.2) is 0 Å². The molecule has 5 aromatic rings. The lowest BCUT2D eigenvalue weighted by Crippen LogP contribution is -2.50. The fraction of sp³-hybridized carbons (Fsp3) is 0.312. The molecule has 0 unspecified atom stereocenters. The minimum Gasteiger partial charge on any atom is -0.377 e. The standard InChI is InChI=1S/C32H30F3N9O4/c1-19-27(41-12-14-42(15-13-41)29(46)26-23-4-2-3-5-24(23)38-39-26)30(47)44-31(37-28(40-44)20-10-16-48-17-11-20)43(19)18-25(45)36-22-8-6-21(7-9-22)32(33,34)35/h2-10H,11-18H2,1H3,(H,36,45)(H,38,39). The quantitative estimate of drug-likeness (QED) is 0.282. The highest BCUT2D eigenvalue weighted by atomic mass is 19.4. The number of nitrogens with one attached hydrogen (secondary N) is 2. The van der Waals surface area contributed by atoms with Gasteiger partial charge in [0.2, 0.25) is 11.7 Å². The Morgan fingerprint density at radius 3 is 2.50 bits per heavy atom. The number of amides is 2. The molecule has 0 bridgehead atoms. The molecule has 0 saturated carbocycles. The van der Waals surface area contributed by atoms with Gasteiger partial charge >= 0.3 is 6.18 Å². The molecule has 1 fully saturated rings. The van der Waals surface area contributed by atoms with Crippen molar-refractivity contribution in [2.75, 3.05) is 49.6 Å². The first-order chi connectivity index (χ1) is 23.1. The van der Waals surface area contributed by atoms with Crippen LogP contribution in [0.15, 0.2) is 59.4 Å². The molecule has 0 radical (unpaired) electrons. The number of halogens is 3. The van der Waals surface area contributed by atoms with E-state index in [0.717, 1.165) is 28.6 Å². The Bertz CT molecular complexity index is 2120. The molecular weight excluding hydrogens is 631 g/mol.